The molecule has 0 aliphatic heterocycles. The van der Waals surface area contributed by atoms with Crippen LogP contribution in [0.25, 0.3) is 0 Å². The molecule has 12 N–H and O–H groups in total. The first kappa shape index (κ1) is 98.1. The molecule has 22 nitrogen and oxygen atoms in total. The monoisotopic (exact) mass is 1220 g/mol. The first-order valence-electron chi connectivity index (χ1n) is 30.0. The van der Waals surface area contributed by atoms with E-state index in [1.165, 1.54) is 19.1 Å². The normalized spacial score (nSPS) is 9.24. The molecule has 1 aromatic rings. The van der Waals surface area contributed by atoms with Crippen LogP contribution in [0.4, 0.5) is 0 Å². The minimum absolute atomic E-state index is 0.00870. The molecular formula is C64H124N10O12. The maximum Gasteiger partial charge on any atom is 0.251 e. The number of carbonyl (C=O) groups is 10. The summed E-state index contributed by atoms with van der Waals surface area (Å²) in [7, 11) is 0. The highest BCUT2D eigenvalue weighted by Crippen LogP contribution is 1.98. The first-order valence-corrected chi connectivity index (χ1v) is 30.0. The SMILES string of the molecule is C=C(C)C(=O)NC(C)C.C=CC(=O)NC(C)C.C=CC(=O)NCC.CC(=O)NC(C)C.CC(C)NC(=O)CCCO.CC(C)NC(=O)c1ccccc1.CCC(=O)NC(C)C.CCCC(=O)NC(C)C.CCCC(=O)NCC.CCNC(=O)CCO. The van der Waals surface area contributed by atoms with Crippen molar-refractivity contribution in [3.63, 3.8) is 0 Å². The van der Waals surface area contributed by atoms with Gasteiger partial charge in [0.2, 0.25) is 53.2 Å². The molecule has 0 fully saturated rings. The minimum atomic E-state index is -0.111. The highest BCUT2D eigenvalue weighted by molar-refractivity contribution is 5.94. The van der Waals surface area contributed by atoms with E-state index in [2.05, 4.69) is 72.9 Å². The number of amides is 10. The van der Waals surface area contributed by atoms with Gasteiger partial charge in [0, 0.05) is 119 Å². The van der Waals surface area contributed by atoms with Gasteiger partial charge in [0.15, 0.2) is 0 Å². The third-order valence-corrected chi connectivity index (χ3v) is 8.18. The van der Waals surface area contributed by atoms with Crippen LogP contribution in [0.2, 0.25) is 0 Å². The van der Waals surface area contributed by atoms with E-state index in [1.54, 1.807) is 19.1 Å². The van der Waals surface area contributed by atoms with Crippen molar-refractivity contribution in [2.24, 2.45) is 0 Å². The van der Waals surface area contributed by atoms with Gasteiger partial charge in [-0.05, 0) is 168 Å². The van der Waals surface area contributed by atoms with E-state index in [0.29, 0.717) is 56.3 Å². The standard InChI is InChI=1S/C10H13NO.C7H15NO2.C7H13NO.C7H15NO.C6H13NO.C6H11NO.C6H13NO.C5H11NO2.C5H11NO.C5H9NO/c1-8(2)11-10(12)9-6-4-3-5-7-9;1-6(2)8-7(10)4-3-5-9;1-5(2)7(9)8-6(3)4;1-4-5-7(9)8-6(2)3;2*1-4-6(8)7-5(2)3;1-3-5-6(8)7-4-2;1-2-6-5(8)3-4-7;1-4(2)6-5(3)7;1-3-5(7)6-4-2/h3-8H,1-2H3,(H,11,12);6,9H,3-5H2,1-2H3,(H,8,10);6H,1H2,2-4H3,(H,8,9);6H,4-5H2,1-3H3,(H,8,9);5H,4H2,1-3H3,(H,7,8);4-5H,1H2,2-3H3,(H,7,8);3-5H2,1-2H3,(H,7,8);7H,2-4H2,1H3,(H,6,8);4H,1-3H3,(H,6,7);3H,1,4H2,2H3,(H,6,7). The van der Waals surface area contributed by atoms with E-state index < -0.39 is 0 Å². The van der Waals surface area contributed by atoms with Crippen LogP contribution in [-0.4, -0.2) is 144 Å². The molecule has 0 saturated carbocycles. The van der Waals surface area contributed by atoms with E-state index in [4.69, 9.17) is 10.2 Å². The van der Waals surface area contributed by atoms with Crippen molar-refractivity contribution in [3.8, 4) is 0 Å². The van der Waals surface area contributed by atoms with Crippen molar-refractivity contribution in [3.05, 3.63) is 73.4 Å². The van der Waals surface area contributed by atoms with Gasteiger partial charge in [0.05, 0.1) is 6.61 Å². The average Bonchev–Trinajstić information content (AvgIpc) is 3.46. The number of hydrogen-bond donors (Lipinski definition) is 12. The van der Waals surface area contributed by atoms with Crippen LogP contribution in [0.1, 0.15) is 214 Å². The number of aliphatic hydroxyl groups is 2. The van der Waals surface area contributed by atoms with Gasteiger partial charge >= 0.3 is 0 Å². The van der Waals surface area contributed by atoms with Gasteiger partial charge in [-0.2, -0.15) is 0 Å². The molecule has 22 heteroatoms. The third-order valence-electron chi connectivity index (χ3n) is 8.18. The van der Waals surface area contributed by atoms with Crippen LogP contribution in [0.3, 0.4) is 0 Å². The molecule has 0 atom stereocenters. The van der Waals surface area contributed by atoms with Gasteiger partial charge < -0.3 is 63.4 Å². The molecule has 86 heavy (non-hydrogen) atoms. The Hall–Kier alpha value is -6.94. The molecule has 10 amide bonds. The van der Waals surface area contributed by atoms with Crippen molar-refractivity contribution in [2.45, 2.75) is 246 Å². The van der Waals surface area contributed by atoms with E-state index in [-0.39, 0.29) is 121 Å². The fourth-order valence-electron chi connectivity index (χ4n) is 4.90. The van der Waals surface area contributed by atoms with Crippen LogP contribution < -0.4 is 53.2 Å². The number of likely N-dealkylation sites (N-methyl/N-ethyl adjacent to an activating group) is 1. The lowest BCUT2D eigenvalue weighted by Gasteiger charge is -2.07. The summed E-state index contributed by atoms with van der Waals surface area (Å²) in [4.78, 5) is 106. The molecule has 0 aliphatic rings. The molecule has 0 heterocycles. The van der Waals surface area contributed by atoms with Crippen molar-refractivity contribution < 1.29 is 58.2 Å². The molecule has 0 radical (unpaired) electrons. The summed E-state index contributed by atoms with van der Waals surface area (Å²) in [6.45, 7) is 53.9. The molecule has 0 aromatic heterocycles. The Labute approximate surface area is 520 Å². The molecule has 1 rings (SSSR count). The Morgan fingerprint density at radius 3 is 1.03 bits per heavy atom. The van der Waals surface area contributed by atoms with Gasteiger partial charge in [-0.15, -0.1) is 0 Å². The second-order valence-corrected chi connectivity index (χ2v) is 20.5. The lowest BCUT2D eigenvalue weighted by atomic mass is 10.2. The number of rotatable bonds is 24. The zero-order chi connectivity index (χ0) is 69.2. The van der Waals surface area contributed by atoms with Gasteiger partial charge in [-0.1, -0.05) is 58.7 Å². The predicted octanol–water partition coefficient (Wildman–Crippen LogP) is 7.39. The molecule has 0 unspecified atom stereocenters. The fourth-order valence-corrected chi connectivity index (χ4v) is 4.90. The molecule has 0 saturated heterocycles. The van der Waals surface area contributed by atoms with Crippen LogP contribution in [0.5, 0.6) is 0 Å². The maximum atomic E-state index is 11.3. The number of aliphatic hydroxyl groups excluding tert-OH is 2. The lowest BCUT2D eigenvalue weighted by molar-refractivity contribution is -0.122. The minimum Gasteiger partial charge on any atom is -0.396 e. The summed E-state index contributed by atoms with van der Waals surface area (Å²) in [6.07, 6.45) is 7.47. The zero-order valence-electron chi connectivity index (χ0n) is 57.4. The van der Waals surface area contributed by atoms with Gasteiger partial charge in [0.1, 0.15) is 0 Å². The highest BCUT2D eigenvalue weighted by Gasteiger charge is 2.05. The maximum absolute atomic E-state index is 11.3. The lowest BCUT2D eigenvalue weighted by Crippen LogP contribution is -2.30. The molecule has 0 bridgehead atoms. The second-order valence-electron chi connectivity index (χ2n) is 20.5. The summed E-state index contributed by atoms with van der Waals surface area (Å²) in [5.41, 5.74) is 1.27. The summed E-state index contributed by atoms with van der Waals surface area (Å²) in [5, 5.41) is 43.5. The van der Waals surface area contributed by atoms with E-state index >= 15 is 0 Å². The Bertz CT molecular complexity index is 1870. The number of benzene rings is 1. The van der Waals surface area contributed by atoms with Crippen molar-refractivity contribution in [1.29, 1.82) is 0 Å². The smallest absolute Gasteiger partial charge is 0.251 e. The summed E-state index contributed by atoms with van der Waals surface area (Å²) < 4.78 is 0. The van der Waals surface area contributed by atoms with Gasteiger partial charge in [-0.25, -0.2) is 0 Å². The van der Waals surface area contributed by atoms with Gasteiger partial charge in [-0.3, -0.25) is 47.9 Å². The Morgan fingerprint density at radius 1 is 0.430 bits per heavy atom. The fraction of sp³-hybridized carbons (Fsp3) is 0.656. The van der Waals surface area contributed by atoms with Crippen molar-refractivity contribution in [2.75, 3.05) is 32.8 Å². The van der Waals surface area contributed by atoms with Crippen molar-refractivity contribution >= 4 is 59.1 Å². The van der Waals surface area contributed by atoms with Crippen LogP contribution >= 0.6 is 0 Å². The molecule has 502 valence electrons. The zero-order valence-corrected chi connectivity index (χ0v) is 57.4. The molecular weight excluding hydrogens is 1100 g/mol. The quantitative estimate of drug-likeness (QED) is 0.0451. The average molecular weight is 1230 g/mol. The summed E-state index contributed by atoms with van der Waals surface area (Å²) in [5.74, 6) is 0.120. The van der Waals surface area contributed by atoms with E-state index in [1.807, 2.05) is 157 Å². The number of hydrogen-bond acceptors (Lipinski definition) is 12. The second kappa shape index (κ2) is 72.3. The molecule has 0 spiro atoms. The Kier molecular flexibility index (Phi) is 82.5. The van der Waals surface area contributed by atoms with Crippen LogP contribution in [-0.2, 0) is 43.2 Å². The summed E-state index contributed by atoms with van der Waals surface area (Å²) in [6, 6.07) is 10.9. The predicted molar refractivity (Wildman–Crippen MR) is 354 cm³/mol. The Morgan fingerprint density at radius 2 is 0.791 bits per heavy atom. The van der Waals surface area contributed by atoms with Gasteiger partial charge in [0.25, 0.3) is 5.91 Å². The van der Waals surface area contributed by atoms with E-state index in [0.717, 1.165) is 19.4 Å². The third kappa shape index (κ3) is 105. The topological polar surface area (TPSA) is 331 Å². The largest absolute Gasteiger partial charge is 0.396 e. The van der Waals surface area contributed by atoms with Crippen molar-refractivity contribution in [1.82, 2.24) is 53.2 Å². The van der Waals surface area contributed by atoms with Crippen LogP contribution in [0, 0.1) is 0 Å². The first-order chi connectivity index (χ1) is 39.9. The molecule has 1 aromatic carbocycles. The highest BCUT2D eigenvalue weighted by atomic mass is 16.3. The number of nitrogens with one attached hydrogen (secondary N) is 10. The summed E-state index contributed by atoms with van der Waals surface area (Å²) >= 11 is 0. The Balaban J connectivity index is -0.000000110. The number of carbonyl (C=O) groups excluding carboxylic acids is 10. The van der Waals surface area contributed by atoms with E-state index in [9.17, 15) is 47.9 Å². The van der Waals surface area contributed by atoms with Crippen LogP contribution in [0.15, 0.2) is 67.8 Å². The molecule has 0 aliphatic carbocycles.